The lowest BCUT2D eigenvalue weighted by Gasteiger charge is -2.20. The van der Waals surface area contributed by atoms with Crippen LogP contribution >= 0.6 is 11.3 Å². The molecule has 0 radical (unpaired) electrons. The first kappa shape index (κ1) is 15.3. The van der Waals surface area contributed by atoms with E-state index >= 15 is 0 Å². The average molecular weight is 358 g/mol. The summed E-state index contributed by atoms with van der Waals surface area (Å²) in [6.07, 6.45) is 13.5. The molecule has 0 aromatic carbocycles. The van der Waals surface area contributed by atoms with Crippen molar-refractivity contribution in [1.82, 2.24) is 19.3 Å². The Kier molecular flexibility index (Phi) is 3.79. The Labute approximate surface area is 155 Å². The van der Waals surface area contributed by atoms with Crippen LogP contribution in [0.15, 0.2) is 60.5 Å². The normalized spacial score (nSPS) is 13.3. The Bertz CT molecular complexity index is 1140. The number of fused-ring (bicyclic) bond motifs is 2. The van der Waals surface area contributed by atoms with Crippen LogP contribution in [0.4, 0.5) is 0 Å². The number of rotatable bonds is 4. The third-order valence-electron chi connectivity index (χ3n) is 4.74. The van der Waals surface area contributed by atoms with E-state index in [9.17, 15) is 0 Å². The highest BCUT2D eigenvalue weighted by molar-refractivity contribution is 7.08. The van der Waals surface area contributed by atoms with Crippen LogP contribution in [-0.4, -0.2) is 32.4 Å². The predicted molar refractivity (Wildman–Crippen MR) is 106 cm³/mol. The Morgan fingerprint density at radius 1 is 1.12 bits per heavy atom. The summed E-state index contributed by atoms with van der Waals surface area (Å²) in [5, 5.41) is 3.57. The van der Waals surface area contributed by atoms with Gasteiger partial charge in [-0.1, -0.05) is 6.07 Å². The van der Waals surface area contributed by atoms with E-state index in [-0.39, 0.29) is 0 Å². The second-order valence-corrected chi connectivity index (χ2v) is 7.35. The zero-order valence-electron chi connectivity index (χ0n) is 14.2. The van der Waals surface area contributed by atoms with E-state index in [0.29, 0.717) is 0 Å². The van der Waals surface area contributed by atoms with Crippen molar-refractivity contribution in [2.24, 2.45) is 0 Å². The summed E-state index contributed by atoms with van der Waals surface area (Å²) in [6, 6.07) is 10.3. The highest BCUT2D eigenvalue weighted by Gasteiger charge is 2.10. The molecule has 1 aliphatic heterocycles. The standard InChI is InChI=1S/C21H18N4S/c1-2-10-25-13-17(23-21(25)3-1)6-11-24-12-7-20-18(14-24)19(15-26-20)16-4-8-22-9-5-16/h1-5,7-10,13-15H,6,11-12H2. The summed E-state index contributed by atoms with van der Waals surface area (Å²) in [7, 11) is 0. The van der Waals surface area contributed by atoms with Crippen molar-refractivity contribution in [2.75, 3.05) is 13.1 Å². The molecule has 0 aliphatic carbocycles. The first-order chi connectivity index (χ1) is 12.9. The minimum Gasteiger partial charge on any atom is -0.373 e. The van der Waals surface area contributed by atoms with Crippen molar-refractivity contribution >= 4 is 29.3 Å². The molecule has 0 unspecified atom stereocenters. The van der Waals surface area contributed by atoms with Crippen LogP contribution in [0.3, 0.4) is 0 Å². The molecule has 5 heterocycles. The van der Waals surface area contributed by atoms with E-state index in [1.54, 1.807) is 0 Å². The molecule has 0 amide bonds. The lowest BCUT2D eigenvalue weighted by molar-refractivity contribution is 0.462. The zero-order valence-corrected chi connectivity index (χ0v) is 15.1. The van der Waals surface area contributed by atoms with Crippen molar-refractivity contribution in [2.45, 2.75) is 6.42 Å². The van der Waals surface area contributed by atoms with E-state index in [4.69, 9.17) is 4.98 Å². The lowest BCUT2D eigenvalue weighted by Crippen LogP contribution is -2.34. The minimum absolute atomic E-state index is 0.941. The van der Waals surface area contributed by atoms with Gasteiger partial charge in [0.05, 0.1) is 5.69 Å². The molecule has 1 aliphatic rings. The molecule has 4 nitrogen and oxygen atoms in total. The molecule has 0 N–H and O–H groups in total. The van der Waals surface area contributed by atoms with Crippen molar-refractivity contribution in [3.05, 3.63) is 75.9 Å². The predicted octanol–water partition coefficient (Wildman–Crippen LogP) is 2.53. The number of hydrogen-bond acceptors (Lipinski definition) is 4. The molecule has 0 bridgehead atoms. The van der Waals surface area contributed by atoms with Gasteiger partial charge in [0.2, 0.25) is 0 Å². The molecule has 0 atom stereocenters. The van der Waals surface area contributed by atoms with Gasteiger partial charge in [0, 0.05) is 65.8 Å². The fourth-order valence-corrected chi connectivity index (χ4v) is 4.35. The number of hydrogen-bond donors (Lipinski definition) is 0. The monoisotopic (exact) mass is 358 g/mol. The Hall–Kier alpha value is -2.92. The maximum atomic E-state index is 4.70. The number of pyridine rings is 2. The van der Waals surface area contributed by atoms with Gasteiger partial charge in [-0.25, -0.2) is 4.98 Å². The zero-order chi connectivity index (χ0) is 17.3. The molecule has 0 saturated heterocycles. The molecule has 128 valence electrons. The molecule has 4 aromatic heterocycles. The summed E-state index contributed by atoms with van der Waals surface area (Å²) in [6.45, 7) is 1.92. The van der Waals surface area contributed by atoms with E-state index < -0.39 is 0 Å². The van der Waals surface area contributed by atoms with E-state index in [2.05, 4.69) is 50.3 Å². The maximum absolute atomic E-state index is 4.70. The molecular formula is C21H18N4S. The lowest BCUT2D eigenvalue weighted by atomic mass is 10.1. The summed E-state index contributed by atoms with van der Waals surface area (Å²) in [5.74, 6) is 0. The SMILES string of the molecule is C1=c2scc(-c3ccncc3)c2=CN(CCc2cn3ccccc3n2)C1. The number of imidazole rings is 1. The Morgan fingerprint density at radius 3 is 2.92 bits per heavy atom. The molecule has 0 saturated carbocycles. The Balaban J connectivity index is 1.40. The summed E-state index contributed by atoms with van der Waals surface area (Å²) < 4.78 is 3.45. The molecule has 0 fully saturated rings. The van der Waals surface area contributed by atoms with E-state index in [1.165, 1.54) is 20.9 Å². The van der Waals surface area contributed by atoms with Crippen LogP contribution < -0.4 is 9.75 Å². The van der Waals surface area contributed by atoms with Gasteiger partial charge >= 0.3 is 0 Å². The van der Waals surface area contributed by atoms with Gasteiger partial charge in [0.1, 0.15) is 5.65 Å². The number of nitrogens with zero attached hydrogens (tertiary/aromatic N) is 4. The fourth-order valence-electron chi connectivity index (χ4n) is 3.39. The fraction of sp³-hybridized carbons (Fsp3) is 0.143. The van der Waals surface area contributed by atoms with Crippen LogP contribution in [0.5, 0.6) is 0 Å². The maximum Gasteiger partial charge on any atom is 0.136 e. The first-order valence-corrected chi connectivity index (χ1v) is 9.61. The molecule has 4 aromatic rings. The molecule has 26 heavy (non-hydrogen) atoms. The van der Waals surface area contributed by atoms with E-state index in [1.807, 2.05) is 48.1 Å². The van der Waals surface area contributed by atoms with Crippen LogP contribution in [0.1, 0.15) is 5.69 Å². The molecular weight excluding hydrogens is 340 g/mol. The molecule has 5 heteroatoms. The Morgan fingerprint density at radius 2 is 2.04 bits per heavy atom. The van der Waals surface area contributed by atoms with Gasteiger partial charge < -0.3 is 9.30 Å². The smallest absolute Gasteiger partial charge is 0.136 e. The van der Waals surface area contributed by atoms with Crippen molar-refractivity contribution in [3.8, 4) is 11.1 Å². The highest BCUT2D eigenvalue weighted by atomic mass is 32.1. The summed E-state index contributed by atoms with van der Waals surface area (Å²) in [5.41, 5.74) is 4.66. The van der Waals surface area contributed by atoms with Crippen LogP contribution in [0, 0.1) is 0 Å². The van der Waals surface area contributed by atoms with Crippen LogP contribution in [-0.2, 0) is 6.42 Å². The van der Waals surface area contributed by atoms with Crippen LogP contribution in [0.25, 0.3) is 29.1 Å². The highest BCUT2D eigenvalue weighted by Crippen LogP contribution is 2.16. The number of aromatic nitrogens is 3. The second-order valence-electron chi connectivity index (χ2n) is 6.44. The summed E-state index contributed by atoms with van der Waals surface area (Å²) >= 11 is 1.82. The third kappa shape index (κ3) is 2.80. The van der Waals surface area contributed by atoms with Gasteiger partial charge in [0.25, 0.3) is 0 Å². The van der Waals surface area contributed by atoms with Gasteiger partial charge in [-0.2, -0.15) is 0 Å². The number of thiophene rings is 1. The van der Waals surface area contributed by atoms with Gasteiger partial charge in [-0.3, -0.25) is 4.98 Å². The molecule has 5 rings (SSSR count). The largest absolute Gasteiger partial charge is 0.373 e. The topological polar surface area (TPSA) is 33.4 Å². The van der Waals surface area contributed by atoms with Gasteiger partial charge in [-0.05, 0) is 41.3 Å². The van der Waals surface area contributed by atoms with Crippen LogP contribution in [0.2, 0.25) is 0 Å². The molecule has 0 spiro atoms. The minimum atomic E-state index is 0.941. The second kappa shape index (κ2) is 6.42. The van der Waals surface area contributed by atoms with Gasteiger partial charge in [0.15, 0.2) is 0 Å². The van der Waals surface area contributed by atoms with Crippen molar-refractivity contribution in [1.29, 1.82) is 0 Å². The van der Waals surface area contributed by atoms with E-state index in [0.717, 1.165) is 30.9 Å². The average Bonchev–Trinajstić information content (AvgIpc) is 3.30. The first-order valence-electron chi connectivity index (χ1n) is 8.73. The van der Waals surface area contributed by atoms with Crippen molar-refractivity contribution < 1.29 is 0 Å². The van der Waals surface area contributed by atoms with Crippen molar-refractivity contribution in [3.63, 3.8) is 0 Å². The quantitative estimate of drug-likeness (QED) is 0.562. The summed E-state index contributed by atoms with van der Waals surface area (Å²) in [4.78, 5) is 11.2. The third-order valence-corrected chi connectivity index (χ3v) is 5.74. The van der Waals surface area contributed by atoms with Gasteiger partial charge in [-0.15, -0.1) is 11.3 Å².